The van der Waals surface area contributed by atoms with E-state index in [0.29, 0.717) is 10.0 Å². The quantitative estimate of drug-likeness (QED) is 0.914. The Balaban J connectivity index is 2.27. The van der Waals surface area contributed by atoms with Gasteiger partial charge in [0.2, 0.25) is 0 Å². The van der Waals surface area contributed by atoms with Gasteiger partial charge in [-0.05, 0) is 64.1 Å². The van der Waals surface area contributed by atoms with Gasteiger partial charge in [-0.25, -0.2) is 0 Å². The van der Waals surface area contributed by atoms with E-state index >= 15 is 0 Å². The molecular formula is C15H22Cl2N2. The molecule has 2 nitrogen and oxygen atoms in total. The van der Waals surface area contributed by atoms with Crippen LogP contribution < -0.4 is 5.32 Å². The van der Waals surface area contributed by atoms with Crippen LogP contribution in [0.1, 0.15) is 24.8 Å². The molecule has 0 spiro atoms. The smallest absolute Gasteiger partial charge is 0.0595 e. The highest BCUT2D eigenvalue weighted by Crippen LogP contribution is 2.37. The van der Waals surface area contributed by atoms with Crippen molar-refractivity contribution < 1.29 is 0 Å². The van der Waals surface area contributed by atoms with E-state index in [1.807, 2.05) is 12.1 Å². The third-order valence-corrected chi connectivity index (χ3v) is 4.78. The fourth-order valence-electron chi connectivity index (χ4n) is 2.84. The summed E-state index contributed by atoms with van der Waals surface area (Å²) in [6.45, 7) is 3.23. The molecule has 1 heterocycles. The van der Waals surface area contributed by atoms with Gasteiger partial charge >= 0.3 is 0 Å². The molecule has 1 aromatic carbocycles. The van der Waals surface area contributed by atoms with E-state index in [0.717, 1.165) is 26.1 Å². The van der Waals surface area contributed by atoms with Crippen LogP contribution in [0, 0.1) is 0 Å². The van der Waals surface area contributed by atoms with E-state index in [2.05, 4.69) is 30.4 Å². The Hall–Kier alpha value is -0.280. The highest BCUT2D eigenvalue weighted by molar-refractivity contribution is 6.42. The second-order valence-corrected chi connectivity index (χ2v) is 6.56. The van der Waals surface area contributed by atoms with Crippen LogP contribution in [0.2, 0.25) is 10.0 Å². The number of hydrogen-bond acceptors (Lipinski definition) is 2. The van der Waals surface area contributed by atoms with Gasteiger partial charge in [0.25, 0.3) is 0 Å². The summed E-state index contributed by atoms with van der Waals surface area (Å²) in [4.78, 5) is 2.24. The zero-order valence-corrected chi connectivity index (χ0v) is 13.2. The van der Waals surface area contributed by atoms with Crippen molar-refractivity contribution in [2.45, 2.75) is 24.7 Å². The van der Waals surface area contributed by atoms with Crippen LogP contribution in [0.5, 0.6) is 0 Å². The van der Waals surface area contributed by atoms with Crippen molar-refractivity contribution in [2.24, 2.45) is 0 Å². The van der Waals surface area contributed by atoms with Crippen LogP contribution >= 0.6 is 23.2 Å². The first kappa shape index (κ1) is 15.1. The Morgan fingerprint density at radius 2 is 2.05 bits per heavy atom. The van der Waals surface area contributed by atoms with Gasteiger partial charge in [-0.2, -0.15) is 0 Å². The van der Waals surface area contributed by atoms with Crippen LogP contribution in [-0.4, -0.2) is 38.6 Å². The molecule has 0 saturated carbocycles. The summed E-state index contributed by atoms with van der Waals surface area (Å²) in [6.07, 6.45) is 3.57. The maximum absolute atomic E-state index is 6.19. The first-order valence-electron chi connectivity index (χ1n) is 6.84. The molecule has 4 heteroatoms. The van der Waals surface area contributed by atoms with Gasteiger partial charge in [-0.3, -0.25) is 0 Å². The Morgan fingerprint density at radius 1 is 1.26 bits per heavy atom. The van der Waals surface area contributed by atoms with Crippen molar-refractivity contribution in [3.8, 4) is 0 Å². The summed E-state index contributed by atoms with van der Waals surface area (Å²) >= 11 is 12.2. The van der Waals surface area contributed by atoms with Crippen molar-refractivity contribution in [1.82, 2.24) is 10.2 Å². The molecule has 0 aliphatic carbocycles. The largest absolute Gasteiger partial charge is 0.316 e. The van der Waals surface area contributed by atoms with Gasteiger partial charge in [0, 0.05) is 12.0 Å². The highest BCUT2D eigenvalue weighted by Gasteiger charge is 2.33. The van der Waals surface area contributed by atoms with E-state index in [-0.39, 0.29) is 5.41 Å². The standard InChI is InChI=1S/C15H22Cl2N2/c1-19(2)9-7-15(6-3-8-18-11-15)12-4-5-13(16)14(17)10-12/h4-5,10,18H,3,6-9,11H2,1-2H3/t15-/m1/s1. The average molecular weight is 301 g/mol. The van der Waals surface area contributed by atoms with Crippen molar-refractivity contribution >= 4 is 23.2 Å². The zero-order chi connectivity index (χ0) is 13.9. The summed E-state index contributed by atoms with van der Waals surface area (Å²) in [5.41, 5.74) is 1.51. The first-order valence-corrected chi connectivity index (χ1v) is 7.60. The van der Waals surface area contributed by atoms with Gasteiger partial charge in [0.05, 0.1) is 10.0 Å². The lowest BCUT2D eigenvalue weighted by Gasteiger charge is -2.39. The fraction of sp³-hybridized carbons (Fsp3) is 0.600. The molecule has 1 aliphatic heterocycles. The third kappa shape index (κ3) is 3.63. The predicted molar refractivity (Wildman–Crippen MR) is 83.4 cm³/mol. The number of benzene rings is 1. The van der Waals surface area contributed by atoms with Crippen LogP contribution in [0.15, 0.2) is 18.2 Å². The number of rotatable bonds is 4. The van der Waals surface area contributed by atoms with Crippen molar-refractivity contribution in [3.63, 3.8) is 0 Å². The van der Waals surface area contributed by atoms with Crippen LogP contribution in [0.3, 0.4) is 0 Å². The van der Waals surface area contributed by atoms with E-state index < -0.39 is 0 Å². The topological polar surface area (TPSA) is 15.3 Å². The van der Waals surface area contributed by atoms with Crippen molar-refractivity contribution in [3.05, 3.63) is 33.8 Å². The van der Waals surface area contributed by atoms with E-state index in [9.17, 15) is 0 Å². The normalized spacial score (nSPS) is 23.8. The second kappa shape index (κ2) is 6.45. The second-order valence-electron chi connectivity index (χ2n) is 5.74. The fourth-order valence-corrected chi connectivity index (χ4v) is 3.13. The highest BCUT2D eigenvalue weighted by atomic mass is 35.5. The summed E-state index contributed by atoms with van der Waals surface area (Å²) in [7, 11) is 4.25. The van der Waals surface area contributed by atoms with E-state index in [1.54, 1.807) is 0 Å². The minimum atomic E-state index is 0.191. The third-order valence-electron chi connectivity index (χ3n) is 4.04. The lowest BCUT2D eigenvalue weighted by atomic mass is 9.72. The molecule has 2 rings (SSSR count). The maximum Gasteiger partial charge on any atom is 0.0595 e. The van der Waals surface area contributed by atoms with Gasteiger partial charge < -0.3 is 10.2 Å². The minimum Gasteiger partial charge on any atom is -0.316 e. The van der Waals surface area contributed by atoms with Gasteiger partial charge in [-0.15, -0.1) is 0 Å². The molecule has 19 heavy (non-hydrogen) atoms. The molecule has 1 aromatic rings. The Kier molecular flexibility index (Phi) is 5.13. The molecule has 1 aliphatic rings. The number of nitrogens with one attached hydrogen (secondary N) is 1. The van der Waals surface area contributed by atoms with Gasteiger partial charge in [-0.1, -0.05) is 29.3 Å². The van der Waals surface area contributed by atoms with Crippen molar-refractivity contribution in [1.29, 1.82) is 0 Å². The van der Waals surface area contributed by atoms with Crippen LogP contribution in [0.25, 0.3) is 0 Å². The summed E-state index contributed by atoms with van der Waals surface area (Å²) in [5, 5.41) is 4.83. The average Bonchev–Trinajstić information content (AvgIpc) is 2.40. The van der Waals surface area contributed by atoms with Crippen LogP contribution in [0.4, 0.5) is 0 Å². The molecule has 1 N–H and O–H groups in total. The van der Waals surface area contributed by atoms with Gasteiger partial charge in [0.1, 0.15) is 0 Å². The number of nitrogens with zero attached hydrogens (tertiary/aromatic N) is 1. The summed E-state index contributed by atoms with van der Waals surface area (Å²) in [5.74, 6) is 0. The summed E-state index contributed by atoms with van der Waals surface area (Å²) in [6, 6.07) is 6.11. The molecule has 0 amide bonds. The molecule has 1 atom stereocenters. The molecule has 1 fully saturated rings. The monoisotopic (exact) mass is 300 g/mol. The number of hydrogen-bond donors (Lipinski definition) is 1. The Morgan fingerprint density at radius 3 is 2.63 bits per heavy atom. The molecule has 0 unspecified atom stereocenters. The molecule has 0 bridgehead atoms. The Bertz CT molecular complexity index is 426. The number of halogens is 2. The summed E-state index contributed by atoms with van der Waals surface area (Å²) < 4.78 is 0. The molecule has 106 valence electrons. The van der Waals surface area contributed by atoms with Crippen molar-refractivity contribution in [2.75, 3.05) is 33.7 Å². The predicted octanol–water partition coefficient (Wildman–Crippen LogP) is 3.57. The molecule has 1 saturated heterocycles. The van der Waals surface area contributed by atoms with Crippen LogP contribution in [-0.2, 0) is 5.41 Å². The van der Waals surface area contributed by atoms with E-state index in [4.69, 9.17) is 23.2 Å². The Labute approximate surface area is 126 Å². The van der Waals surface area contributed by atoms with Gasteiger partial charge in [0.15, 0.2) is 0 Å². The SMILES string of the molecule is CN(C)CC[C@]1(c2ccc(Cl)c(Cl)c2)CCCNC1. The molecule has 0 radical (unpaired) electrons. The zero-order valence-electron chi connectivity index (χ0n) is 11.7. The van der Waals surface area contributed by atoms with E-state index in [1.165, 1.54) is 18.4 Å². The lowest BCUT2D eigenvalue weighted by Crippen LogP contribution is -2.45. The number of piperidine rings is 1. The maximum atomic E-state index is 6.19. The lowest BCUT2D eigenvalue weighted by molar-refractivity contribution is 0.256. The first-order chi connectivity index (χ1) is 9.03. The molecular weight excluding hydrogens is 279 g/mol. The molecule has 0 aromatic heterocycles. The minimum absolute atomic E-state index is 0.191.